The first-order valence-electron chi connectivity index (χ1n) is 6.10. The highest BCUT2D eigenvalue weighted by molar-refractivity contribution is 5.64. The van der Waals surface area contributed by atoms with Crippen molar-refractivity contribution in [3.63, 3.8) is 0 Å². The third-order valence-electron chi connectivity index (χ3n) is 2.57. The minimum atomic E-state index is 0.196. The molecule has 18 heavy (non-hydrogen) atoms. The molecule has 94 valence electrons. The van der Waals surface area contributed by atoms with Crippen molar-refractivity contribution in [1.29, 1.82) is 0 Å². The molecule has 3 heteroatoms. The molecule has 0 aliphatic heterocycles. The molecule has 0 aliphatic rings. The number of nitrogens with zero attached hydrogens (tertiary/aromatic N) is 1. The van der Waals surface area contributed by atoms with E-state index in [4.69, 9.17) is 4.74 Å². The number of hydrogen-bond acceptors (Lipinski definition) is 3. The largest absolute Gasteiger partial charge is 0.491 e. The van der Waals surface area contributed by atoms with Crippen molar-refractivity contribution < 1.29 is 4.74 Å². The molecule has 1 N–H and O–H groups in total. The summed E-state index contributed by atoms with van der Waals surface area (Å²) in [7, 11) is 1.90. The lowest BCUT2D eigenvalue weighted by Crippen LogP contribution is -2.05. The summed E-state index contributed by atoms with van der Waals surface area (Å²) in [6.45, 7) is 4.04. The first-order chi connectivity index (χ1) is 8.69. The third-order valence-corrected chi connectivity index (χ3v) is 2.57. The fourth-order valence-corrected chi connectivity index (χ4v) is 1.72. The second-order valence-corrected chi connectivity index (χ2v) is 4.37. The number of anilines is 1. The Hall–Kier alpha value is -2.03. The van der Waals surface area contributed by atoms with E-state index in [1.807, 2.05) is 57.3 Å². The number of hydrogen-bond donors (Lipinski definition) is 1. The first kappa shape index (κ1) is 12.4. The summed E-state index contributed by atoms with van der Waals surface area (Å²) < 4.78 is 5.62. The second-order valence-electron chi connectivity index (χ2n) is 4.37. The minimum Gasteiger partial charge on any atom is -0.491 e. The Morgan fingerprint density at radius 1 is 1.11 bits per heavy atom. The van der Waals surface area contributed by atoms with Crippen LogP contribution in [0.4, 0.5) is 5.69 Å². The number of aromatic nitrogens is 1. The zero-order chi connectivity index (χ0) is 13.0. The molecule has 0 saturated heterocycles. The first-order valence-corrected chi connectivity index (χ1v) is 6.10. The van der Waals surface area contributed by atoms with Gasteiger partial charge in [0.25, 0.3) is 0 Å². The van der Waals surface area contributed by atoms with Gasteiger partial charge in [0.15, 0.2) is 0 Å². The van der Waals surface area contributed by atoms with Crippen LogP contribution in [0.2, 0.25) is 0 Å². The van der Waals surface area contributed by atoms with E-state index in [1.165, 1.54) is 0 Å². The van der Waals surface area contributed by atoms with Crippen LogP contribution in [0.25, 0.3) is 11.3 Å². The summed E-state index contributed by atoms with van der Waals surface area (Å²) in [4.78, 5) is 4.37. The molecule has 3 nitrogen and oxygen atoms in total. The molecule has 0 atom stereocenters. The van der Waals surface area contributed by atoms with Gasteiger partial charge in [0.1, 0.15) is 5.75 Å². The summed E-state index contributed by atoms with van der Waals surface area (Å²) in [5.41, 5.74) is 3.10. The SMILES string of the molecule is CNc1ccnc(-c2ccc(OC(C)C)cc2)c1. The van der Waals surface area contributed by atoms with Crippen molar-refractivity contribution in [2.24, 2.45) is 0 Å². The molecule has 0 radical (unpaired) electrons. The normalized spacial score (nSPS) is 10.4. The van der Waals surface area contributed by atoms with E-state index in [2.05, 4.69) is 10.3 Å². The Balaban J connectivity index is 2.22. The summed E-state index contributed by atoms with van der Waals surface area (Å²) in [6, 6.07) is 12.0. The van der Waals surface area contributed by atoms with Crippen LogP contribution < -0.4 is 10.1 Å². The molecule has 0 aliphatic carbocycles. The van der Waals surface area contributed by atoms with E-state index < -0.39 is 0 Å². The van der Waals surface area contributed by atoms with Crippen LogP contribution in [0, 0.1) is 0 Å². The molecule has 1 aromatic carbocycles. The molecule has 1 heterocycles. The van der Waals surface area contributed by atoms with E-state index >= 15 is 0 Å². The van der Waals surface area contributed by atoms with Crippen LogP contribution >= 0.6 is 0 Å². The maximum atomic E-state index is 5.62. The highest BCUT2D eigenvalue weighted by Crippen LogP contribution is 2.23. The van der Waals surface area contributed by atoms with Crippen LogP contribution in [0.1, 0.15) is 13.8 Å². The number of rotatable bonds is 4. The molecular formula is C15H18N2O. The molecule has 0 amide bonds. The van der Waals surface area contributed by atoms with Gasteiger partial charge in [-0.3, -0.25) is 4.98 Å². The van der Waals surface area contributed by atoms with Crippen molar-refractivity contribution in [3.8, 4) is 17.0 Å². The molecule has 0 saturated carbocycles. The summed E-state index contributed by atoms with van der Waals surface area (Å²) in [5, 5.41) is 3.11. The predicted octanol–water partition coefficient (Wildman–Crippen LogP) is 3.58. The van der Waals surface area contributed by atoms with Gasteiger partial charge in [0, 0.05) is 24.5 Å². The molecule has 1 aromatic heterocycles. The Morgan fingerprint density at radius 2 is 1.83 bits per heavy atom. The van der Waals surface area contributed by atoms with Crippen molar-refractivity contribution >= 4 is 5.69 Å². The van der Waals surface area contributed by atoms with Gasteiger partial charge in [-0.05, 0) is 50.2 Å². The number of pyridine rings is 1. The van der Waals surface area contributed by atoms with Crippen LogP contribution in [0.15, 0.2) is 42.6 Å². The number of benzene rings is 1. The van der Waals surface area contributed by atoms with Crippen LogP contribution in [-0.4, -0.2) is 18.1 Å². The van der Waals surface area contributed by atoms with Gasteiger partial charge in [-0.1, -0.05) is 0 Å². The Morgan fingerprint density at radius 3 is 2.44 bits per heavy atom. The third kappa shape index (κ3) is 3.00. The second kappa shape index (κ2) is 5.54. The summed E-state index contributed by atoms with van der Waals surface area (Å²) in [6.07, 6.45) is 2.00. The Bertz CT molecular complexity index is 506. The van der Waals surface area contributed by atoms with E-state index in [-0.39, 0.29) is 6.10 Å². The zero-order valence-corrected chi connectivity index (χ0v) is 11.0. The Labute approximate surface area is 108 Å². The van der Waals surface area contributed by atoms with Crippen LogP contribution in [0.5, 0.6) is 5.75 Å². The van der Waals surface area contributed by atoms with Gasteiger partial charge in [-0.2, -0.15) is 0 Å². The molecule has 2 rings (SSSR count). The van der Waals surface area contributed by atoms with Crippen molar-refractivity contribution in [3.05, 3.63) is 42.6 Å². The van der Waals surface area contributed by atoms with Crippen LogP contribution in [-0.2, 0) is 0 Å². The maximum Gasteiger partial charge on any atom is 0.119 e. The van der Waals surface area contributed by atoms with Gasteiger partial charge in [-0.25, -0.2) is 0 Å². The molecule has 0 unspecified atom stereocenters. The molecular weight excluding hydrogens is 224 g/mol. The van der Waals surface area contributed by atoms with Crippen molar-refractivity contribution in [2.75, 3.05) is 12.4 Å². The number of nitrogens with one attached hydrogen (secondary N) is 1. The fraction of sp³-hybridized carbons (Fsp3) is 0.267. The predicted molar refractivity (Wildman–Crippen MR) is 75.0 cm³/mol. The highest BCUT2D eigenvalue weighted by atomic mass is 16.5. The standard InChI is InChI=1S/C15H18N2O/c1-11(2)18-14-6-4-12(5-7-14)15-10-13(16-3)8-9-17-15/h4-11H,1-3H3,(H,16,17). The maximum absolute atomic E-state index is 5.62. The van der Waals surface area contributed by atoms with Gasteiger partial charge in [0.2, 0.25) is 0 Å². The average Bonchev–Trinajstić information content (AvgIpc) is 2.39. The van der Waals surface area contributed by atoms with Gasteiger partial charge in [0.05, 0.1) is 11.8 Å². The smallest absolute Gasteiger partial charge is 0.119 e. The van der Waals surface area contributed by atoms with Gasteiger partial charge < -0.3 is 10.1 Å². The van der Waals surface area contributed by atoms with Crippen molar-refractivity contribution in [2.45, 2.75) is 20.0 Å². The zero-order valence-electron chi connectivity index (χ0n) is 11.0. The quantitative estimate of drug-likeness (QED) is 0.889. The monoisotopic (exact) mass is 242 g/mol. The van der Waals surface area contributed by atoms with E-state index in [0.717, 1.165) is 22.7 Å². The molecule has 0 bridgehead atoms. The summed E-state index contributed by atoms with van der Waals surface area (Å²) in [5.74, 6) is 0.888. The van der Waals surface area contributed by atoms with E-state index in [9.17, 15) is 0 Å². The number of ether oxygens (including phenoxy) is 1. The highest BCUT2D eigenvalue weighted by Gasteiger charge is 2.02. The molecule has 0 fully saturated rings. The van der Waals surface area contributed by atoms with Gasteiger partial charge >= 0.3 is 0 Å². The van der Waals surface area contributed by atoms with Crippen molar-refractivity contribution in [1.82, 2.24) is 4.98 Å². The molecule has 2 aromatic rings. The Kier molecular flexibility index (Phi) is 3.82. The van der Waals surface area contributed by atoms with E-state index in [1.54, 1.807) is 6.20 Å². The lowest BCUT2D eigenvalue weighted by atomic mass is 10.1. The fourth-order valence-electron chi connectivity index (χ4n) is 1.72. The summed E-state index contributed by atoms with van der Waals surface area (Å²) >= 11 is 0. The average molecular weight is 242 g/mol. The molecule has 0 spiro atoms. The lowest BCUT2D eigenvalue weighted by Gasteiger charge is -2.10. The minimum absolute atomic E-state index is 0.196. The van der Waals surface area contributed by atoms with Gasteiger partial charge in [-0.15, -0.1) is 0 Å². The van der Waals surface area contributed by atoms with Crippen LogP contribution in [0.3, 0.4) is 0 Å². The lowest BCUT2D eigenvalue weighted by molar-refractivity contribution is 0.242. The van der Waals surface area contributed by atoms with E-state index in [0.29, 0.717) is 0 Å². The topological polar surface area (TPSA) is 34.2 Å².